The fraction of sp³-hybridized carbons (Fsp3) is 0.611. The molecule has 0 spiro atoms. The minimum atomic E-state index is 0.131. The molecule has 22 heavy (non-hydrogen) atoms. The molecule has 120 valence electrons. The zero-order chi connectivity index (χ0) is 15.7. The van der Waals surface area contributed by atoms with Gasteiger partial charge < -0.3 is 15.4 Å². The number of hydrogen-bond acceptors (Lipinski definition) is 3. The van der Waals surface area contributed by atoms with E-state index in [1.807, 2.05) is 12.1 Å². The first-order chi connectivity index (χ1) is 10.7. The van der Waals surface area contributed by atoms with Crippen molar-refractivity contribution in [1.82, 2.24) is 4.90 Å². The normalized spacial score (nSPS) is 31.0. The van der Waals surface area contributed by atoms with Crippen LogP contribution in [0.5, 0.6) is 5.75 Å². The average Bonchev–Trinajstić information content (AvgIpc) is 3.34. The van der Waals surface area contributed by atoms with E-state index in [4.69, 9.17) is 10.5 Å². The SMILES string of the molecule is COc1cccc([C@@H]2C[C@@H]2C(=O)N2CCC[C@H](C)[C@@H]2CN)c1. The molecule has 1 aliphatic carbocycles. The molecular weight excluding hydrogens is 276 g/mol. The summed E-state index contributed by atoms with van der Waals surface area (Å²) in [5.74, 6) is 2.15. The Kier molecular flexibility index (Phi) is 4.39. The number of nitrogens with two attached hydrogens (primary N) is 1. The molecule has 1 aliphatic heterocycles. The van der Waals surface area contributed by atoms with Gasteiger partial charge >= 0.3 is 0 Å². The lowest BCUT2D eigenvalue weighted by Crippen LogP contribution is -2.52. The zero-order valence-corrected chi connectivity index (χ0v) is 13.5. The number of nitrogens with zero attached hydrogens (tertiary/aromatic N) is 1. The zero-order valence-electron chi connectivity index (χ0n) is 13.5. The number of carbonyl (C=O) groups excluding carboxylic acids is 1. The number of carbonyl (C=O) groups is 1. The van der Waals surface area contributed by atoms with Crippen LogP contribution in [0.15, 0.2) is 24.3 Å². The Balaban J connectivity index is 1.69. The summed E-state index contributed by atoms with van der Waals surface area (Å²) in [7, 11) is 1.68. The van der Waals surface area contributed by atoms with E-state index >= 15 is 0 Å². The Morgan fingerprint density at radius 1 is 1.45 bits per heavy atom. The summed E-state index contributed by atoms with van der Waals surface area (Å²) in [6, 6.07) is 8.31. The molecule has 1 saturated heterocycles. The third-order valence-corrected chi connectivity index (χ3v) is 5.27. The van der Waals surface area contributed by atoms with Crippen molar-refractivity contribution in [2.45, 2.75) is 38.1 Å². The van der Waals surface area contributed by atoms with Gasteiger partial charge in [0.05, 0.1) is 7.11 Å². The third kappa shape index (κ3) is 2.84. The van der Waals surface area contributed by atoms with Crippen LogP contribution in [0.3, 0.4) is 0 Å². The van der Waals surface area contributed by atoms with Crippen molar-refractivity contribution in [2.75, 3.05) is 20.2 Å². The molecule has 1 amide bonds. The van der Waals surface area contributed by atoms with E-state index in [-0.39, 0.29) is 12.0 Å². The van der Waals surface area contributed by atoms with Crippen molar-refractivity contribution in [3.8, 4) is 5.75 Å². The summed E-state index contributed by atoms with van der Waals surface area (Å²) in [6.45, 7) is 3.65. The molecule has 4 nitrogen and oxygen atoms in total. The number of piperidine rings is 1. The van der Waals surface area contributed by atoms with Gasteiger partial charge in [-0.15, -0.1) is 0 Å². The molecule has 0 aromatic heterocycles. The van der Waals surface area contributed by atoms with E-state index in [9.17, 15) is 4.79 Å². The summed E-state index contributed by atoms with van der Waals surface area (Å²) in [5, 5.41) is 0. The van der Waals surface area contributed by atoms with Crippen LogP contribution in [-0.4, -0.2) is 37.0 Å². The van der Waals surface area contributed by atoms with Crippen LogP contribution in [-0.2, 0) is 4.79 Å². The predicted octanol–water partition coefficient (Wildman–Crippen LogP) is 2.38. The number of amides is 1. The first-order valence-electron chi connectivity index (χ1n) is 8.30. The lowest BCUT2D eigenvalue weighted by molar-refractivity contribution is -0.137. The molecule has 4 atom stereocenters. The lowest BCUT2D eigenvalue weighted by atomic mass is 9.90. The van der Waals surface area contributed by atoms with Crippen LogP contribution in [0.4, 0.5) is 0 Å². The fourth-order valence-corrected chi connectivity index (χ4v) is 3.80. The highest BCUT2D eigenvalue weighted by molar-refractivity contribution is 5.83. The van der Waals surface area contributed by atoms with E-state index in [1.54, 1.807) is 7.11 Å². The number of ether oxygens (including phenoxy) is 1. The van der Waals surface area contributed by atoms with Gasteiger partial charge in [-0.25, -0.2) is 0 Å². The fourth-order valence-electron chi connectivity index (χ4n) is 3.80. The molecule has 0 radical (unpaired) electrons. The van der Waals surface area contributed by atoms with Gasteiger partial charge in [-0.2, -0.15) is 0 Å². The van der Waals surface area contributed by atoms with E-state index in [2.05, 4.69) is 24.0 Å². The van der Waals surface area contributed by atoms with Gasteiger partial charge in [0.2, 0.25) is 5.91 Å². The van der Waals surface area contributed by atoms with E-state index in [0.29, 0.717) is 24.3 Å². The first-order valence-corrected chi connectivity index (χ1v) is 8.30. The maximum absolute atomic E-state index is 12.9. The lowest BCUT2D eigenvalue weighted by Gasteiger charge is -2.39. The molecule has 2 fully saturated rings. The second kappa shape index (κ2) is 6.29. The van der Waals surface area contributed by atoms with Crippen LogP contribution in [0.1, 0.15) is 37.7 Å². The number of methoxy groups -OCH3 is 1. The van der Waals surface area contributed by atoms with Crippen molar-refractivity contribution in [3.63, 3.8) is 0 Å². The molecule has 1 aromatic rings. The van der Waals surface area contributed by atoms with E-state index in [1.165, 1.54) is 12.0 Å². The van der Waals surface area contributed by atoms with Crippen molar-refractivity contribution < 1.29 is 9.53 Å². The topological polar surface area (TPSA) is 55.6 Å². The highest BCUT2D eigenvalue weighted by Gasteiger charge is 2.47. The smallest absolute Gasteiger partial charge is 0.226 e. The standard InChI is InChI=1S/C18H26N2O2/c1-12-5-4-8-20(17(12)11-19)18(21)16-10-15(16)13-6-3-7-14(9-13)22-2/h3,6-7,9,12,15-17H,4-5,8,10-11,19H2,1-2H3/t12-,15-,16-,17-/m0/s1. The molecule has 1 saturated carbocycles. The van der Waals surface area contributed by atoms with Gasteiger partial charge in [-0.3, -0.25) is 4.79 Å². The highest BCUT2D eigenvalue weighted by Crippen LogP contribution is 2.49. The number of benzene rings is 1. The van der Waals surface area contributed by atoms with Gasteiger partial charge in [0.25, 0.3) is 0 Å². The molecule has 2 N–H and O–H groups in total. The van der Waals surface area contributed by atoms with Gasteiger partial charge in [-0.1, -0.05) is 19.1 Å². The van der Waals surface area contributed by atoms with E-state index in [0.717, 1.165) is 25.1 Å². The Morgan fingerprint density at radius 2 is 2.27 bits per heavy atom. The van der Waals surface area contributed by atoms with E-state index < -0.39 is 0 Å². The van der Waals surface area contributed by atoms with Gasteiger partial charge in [-0.05, 0) is 48.8 Å². The van der Waals surface area contributed by atoms with Crippen LogP contribution in [0, 0.1) is 11.8 Å². The minimum absolute atomic E-state index is 0.131. The third-order valence-electron chi connectivity index (χ3n) is 5.27. The van der Waals surface area contributed by atoms with Crippen molar-refractivity contribution in [3.05, 3.63) is 29.8 Å². The number of likely N-dealkylation sites (tertiary alicyclic amines) is 1. The van der Waals surface area contributed by atoms with Crippen LogP contribution >= 0.6 is 0 Å². The molecule has 1 heterocycles. The Hall–Kier alpha value is -1.55. The average molecular weight is 302 g/mol. The summed E-state index contributed by atoms with van der Waals surface area (Å²) in [6.07, 6.45) is 3.23. The van der Waals surface area contributed by atoms with Crippen molar-refractivity contribution in [2.24, 2.45) is 17.6 Å². The van der Waals surface area contributed by atoms with Crippen LogP contribution < -0.4 is 10.5 Å². The Labute approximate surface area is 132 Å². The number of hydrogen-bond donors (Lipinski definition) is 1. The van der Waals surface area contributed by atoms with Crippen molar-refractivity contribution >= 4 is 5.91 Å². The molecule has 2 aliphatic rings. The number of rotatable bonds is 4. The van der Waals surface area contributed by atoms with Gasteiger partial charge in [0.15, 0.2) is 0 Å². The van der Waals surface area contributed by atoms with Crippen molar-refractivity contribution in [1.29, 1.82) is 0 Å². The summed E-state index contributed by atoms with van der Waals surface area (Å²) < 4.78 is 5.28. The maximum Gasteiger partial charge on any atom is 0.226 e. The summed E-state index contributed by atoms with van der Waals surface area (Å²) in [5.41, 5.74) is 7.13. The quantitative estimate of drug-likeness (QED) is 0.929. The Bertz CT molecular complexity index is 546. The Morgan fingerprint density at radius 3 is 3.00 bits per heavy atom. The van der Waals surface area contributed by atoms with Crippen LogP contribution in [0.2, 0.25) is 0 Å². The molecule has 3 rings (SSSR count). The monoisotopic (exact) mass is 302 g/mol. The molecular formula is C18H26N2O2. The van der Waals surface area contributed by atoms with Gasteiger partial charge in [0, 0.05) is 25.0 Å². The van der Waals surface area contributed by atoms with Gasteiger partial charge in [0.1, 0.15) is 5.75 Å². The first kappa shape index (κ1) is 15.3. The van der Waals surface area contributed by atoms with Crippen LogP contribution in [0.25, 0.3) is 0 Å². The highest BCUT2D eigenvalue weighted by atomic mass is 16.5. The largest absolute Gasteiger partial charge is 0.497 e. The molecule has 4 heteroatoms. The molecule has 0 unspecified atom stereocenters. The second-order valence-corrected chi connectivity index (χ2v) is 6.68. The molecule has 1 aromatic carbocycles. The molecule has 0 bridgehead atoms. The maximum atomic E-state index is 12.9. The summed E-state index contributed by atoms with van der Waals surface area (Å²) in [4.78, 5) is 14.9. The second-order valence-electron chi connectivity index (χ2n) is 6.68. The predicted molar refractivity (Wildman–Crippen MR) is 86.8 cm³/mol. The summed E-state index contributed by atoms with van der Waals surface area (Å²) >= 11 is 0. The minimum Gasteiger partial charge on any atom is -0.497 e.